The smallest absolute Gasteiger partial charge is 0.266 e. The Bertz CT molecular complexity index is 1060. The molecule has 1 amide bonds. The fraction of sp³-hybridized carbons (Fsp3) is 0.200. The van der Waals surface area contributed by atoms with E-state index < -0.39 is 5.25 Å². The minimum atomic E-state index is -0.969. The summed E-state index contributed by atoms with van der Waals surface area (Å²) in [6.45, 7) is 1.37. The van der Waals surface area contributed by atoms with Crippen LogP contribution in [0.2, 0.25) is 0 Å². The predicted octanol–water partition coefficient (Wildman–Crippen LogP) is 2.52. The Labute approximate surface area is 160 Å². The van der Waals surface area contributed by atoms with Crippen molar-refractivity contribution in [2.45, 2.75) is 17.3 Å². The normalized spacial score (nSPS) is 12.0. The fourth-order valence-electron chi connectivity index (χ4n) is 2.64. The first-order chi connectivity index (χ1) is 12.9. The molecule has 7 heteroatoms. The van der Waals surface area contributed by atoms with Crippen molar-refractivity contribution in [3.63, 3.8) is 0 Å². The number of para-hydroxylation sites is 2. The van der Waals surface area contributed by atoms with E-state index in [1.807, 2.05) is 18.2 Å². The van der Waals surface area contributed by atoms with Crippen molar-refractivity contribution >= 4 is 34.4 Å². The fourth-order valence-corrected chi connectivity index (χ4v) is 3.78. The number of amides is 1. The number of Topliss-reactive ketones (excluding diaryl/α,β-unsaturated/α-hetero) is 1. The van der Waals surface area contributed by atoms with Gasteiger partial charge < -0.3 is 4.90 Å². The molecule has 27 heavy (non-hydrogen) atoms. The monoisotopic (exact) mass is 381 g/mol. The van der Waals surface area contributed by atoms with Crippen LogP contribution in [0.15, 0.2) is 64.5 Å². The number of aromatic nitrogens is 2. The summed E-state index contributed by atoms with van der Waals surface area (Å²) in [6.07, 6.45) is 0. The Balaban J connectivity index is 2.23. The lowest BCUT2D eigenvalue weighted by atomic mass is 10.2. The molecule has 0 fully saturated rings. The minimum absolute atomic E-state index is 0.242. The van der Waals surface area contributed by atoms with Gasteiger partial charge in [-0.2, -0.15) is 0 Å². The summed E-state index contributed by atoms with van der Waals surface area (Å²) >= 11 is 0.995. The van der Waals surface area contributed by atoms with Crippen molar-refractivity contribution in [1.29, 1.82) is 0 Å². The number of nitrogens with zero attached hydrogens (tertiary/aromatic N) is 3. The van der Waals surface area contributed by atoms with Gasteiger partial charge in [0.15, 0.2) is 10.9 Å². The average molecular weight is 381 g/mol. The molecule has 2 aromatic carbocycles. The van der Waals surface area contributed by atoms with Crippen molar-refractivity contribution in [2.75, 3.05) is 14.1 Å². The molecule has 0 aliphatic heterocycles. The lowest BCUT2D eigenvalue weighted by Crippen LogP contribution is -2.36. The van der Waals surface area contributed by atoms with E-state index in [-0.39, 0.29) is 17.2 Å². The van der Waals surface area contributed by atoms with E-state index in [9.17, 15) is 14.4 Å². The lowest BCUT2D eigenvalue weighted by Gasteiger charge is -2.19. The number of fused-ring (bicyclic) bond motifs is 1. The minimum Gasteiger partial charge on any atom is -0.347 e. The maximum atomic E-state index is 13.1. The van der Waals surface area contributed by atoms with E-state index in [0.717, 1.165) is 11.8 Å². The number of carbonyl (C=O) groups is 2. The molecular formula is C20H19N3O3S. The first kappa shape index (κ1) is 18.8. The van der Waals surface area contributed by atoms with Gasteiger partial charge in [0.1, 0.15) is 5.25 Å². The second kappa shape index (κ2) is 7.75. The van der Waals surface area contributed by atoms with Gasteiger partial charge in [0.25, 0.3) is 5.56 Å². The first-order valence-corrected chi connectivity index (χ1v) is 9.23. The summed E-state index contributed by atoms with van der Waals surface area (Å²) in [6, 6.07) is 16.1. The number of ketones is 1. The second-order valence-electron chi connectivity index (χ2n) is 6.23. The van der Waals surface area contributed by atoms with Gasteiger partial charge in [0.2, 0.25) is 5.91 Å². The molecule has 0 radical (unpaired) electrons. The number of carbonyl (C=O) groups excluding carboxylic acids is 2. The Morgan fingerprint density at radius 3 is 2.30 bits per heavy atom. The van der Waals surface area contributed by atoms with Crippen LogP contribution in [0.5, 0.6) is 0 Å². The molecule has 0 spiro atoms. The predicted molar refractivity (Wildman–Crippen MR) is 106 cm³/mol. The summed E-state index contributed by atoms with van der Waals surface area (Å²) in [5.41, 5.74) is 0.911. The van der Waals surface area contributed by atoms with Crippen LogP contribution in [0.3, 0.4) is 0 Å². The van der Waals surface area contributed by atoms with Crippen LogP contribution in [0.4, 0.5) is 0 Å². The molecule has 1 unspecified atom stereocenters. The molecule has 0 saturated carbocycles. The zero-order chi connectivity index (χ0) is 19.6. The highest BCUT2D eigenvalue weighted by Gasteiger charge is 2.28. The maximum Gasteiger partial charge on any atom is 0.266 e. The summed E-state index contributed by atoms with van der Waals surface area (Å²) in [7, 11) is 3.19. The molecule has 0 N–H and O–H groups in total. The van der Waals surface area contributed by atoms with Crippen LogP contribution in [-0.4, -0.2) is 45.5 Å². The Kier molecular flexibility index (Phi) is 5.41. The van der Waals surface area contributed by atoms with Crippen molar-refractivity contribution in [2.24, 2.45) is 0 Å². The van der Waals surface area contributed by atoms with Crippen molar-refractivity contribution < 1.29 is 9.59 Å². The topological polar surface area (TPSA) is 72.3 Å². The first-order valence-electron chi connectivity index (χ1n) is 8.35. The van der Waals surface area contributed by atoms with E-state index in [1.165, 1.54) is 16.4 Å². The van der Waals surface area contributed by atoms with E-state index in [1.54, 1.807) is 50.5 Å². The van der Waals surface area contributed by atoms with Crippen LogP contribution < -0.4 is 5.56 Å². The van der Waals surface area contributed by atoms with E-state index >= 15 is 0 Å². The summed E-state index contributed by atoms with van der Waals surface area (Å²) in [5.74, 6) is -0.629. The maximum absolute atomic E-state index is 13.1. The quantitative estimate of drug-likeness (QED) is 0.386. The van der Waals surface area contributed by atoms with Crippen LogP contribution in [0, 0.1) is 0 Å². The molecule has 1 atom stereocenters. The highest BCUT2D eigenvalue weighted by atomic mass is 32.2. The van der Waals surface area contributed by atoms with Gasteiger partial charge in [-0.25, -0.2) is 4.98 Å². The van der Waals surface area contributed by atoms with Gasteiger partial charge in [-0.3, -0.25) is 19.0 Å². The highest BCUT2D eigenvalue weighted by Crippen LogP contribution is 2.26. The van der Waals surface area contributed by atoms with Gasteiger partial charge in [0.05, 0.1) is 16.6 Å². The number of rotatable bonds is 5. The molecule has 0 aliphatic carbocycles. The van der Waals surface area contributed by atoms with Crippen LogP contribution >= 0.6 is 11.8 Å². The van der Waals surface area contributed by atoms with E-state index in [0.29, 0.717) is 21.7 Å². The molecule has 3 rings (SSSR count). The lowest BCUT2D eigenvalue weighted by molar-refractivity contribution is -0.132. The molecule has 1 aromatic heterocycles. The van der Waals surface area contributed by atoms with Crippen LogP contribution in [0.1, 0.15) is 6.92 Å². The molecule has 3 aromatic rings. The molecule has 0 bridgehead atoms. The number of benzene rings is 2. The third-order valence-corrected chi connectivity index (χ3v) is 5.27. The summed E-state index contributed by atoms with van der Waals surface area (Å²) < 4.78 is 1.45. The molecule has 0 saturated heterocycles. The zero-order valence-electron chi connectivity index (χ0n) is 15.2. The third kappa shape index (κ3) is 3.78. The SMILES string of the molecule is CC(=O)C(Sc1nc2ccccc2c(=O)n1-c1ccccc1)C(=O)N(C)C. The average Bonchev–Trinajstić information content (AvgIpc) is 2.66. The second-order valence-corrected chi connectivity index (χ2v) is 7.30. The zero-order valence-corrected chi connectivity index (χ0v) is 16.1. The van der Waals surface area contributed by atoms with Crippen molar-refractivity contribution in [1.82, 2.24) is 14.5 Å². The molecule has 0 aliphatic rings. The largest absolute Gasteiger partial charge is 0.347 e. The summed E-state index contributed by atoms with van der Waals surface area (Å²) in [5, 5.41) is -0.188. The molecule has 6 nitrogen and oxygen atoms in total. The molecule has 1 heterocycles. The Morgan fingerprint density at radius 1 is 1.04 bits per heavy atom. The number of hydrogen-bond acceptors (Lipinski definition) is 5. The van der Waals surface area contributed by atoms with E-state index in [4.69, 9.17) is 0 Å². The Hall–Kier alpha value is -2.93. The third-order valence-electron chi connectivity index (χ3n) is 4.02. The highest BCUT2D eigenvalue weighted by molar-refractivity contribution is 8.01. The van der Waals surface area contributed by atoms with Gasteiger partial charge >= 0.3 is 0 Å². The van der Waals surface area contributed by atoms with Gasteiger partial charge in [0, 0.05) is 14.1 Å². The van der Waals surface area contributed by atoms with Crippen LogP contribution in [-0.2, 0) is 9.59 Å². The van der Waals surface area contributed by atoms with Gasteiger partial charge in [-0.05, 0) is 31.2 Å². The van der Waals surface area contributed by atoms with Crippen molar-refractivity contribution in [3.05, 3.63) is 65.0 Å². The summed E-state index contributed by atoms with van der Waals surface area (Å²) in [4.78, 5) is 43.6. The van der Waals surface area contributed by atoms with Crippen molar-refractivity contribution in [3.8, 4) is 5.69 Å². The van der Waals surface area contributed by atoms with E-state index in [2.05, 4.69) is 4.98 Å². The number of hydrogen-bond donors (Lipinski definition) is 0. The molecular weight excluding hydrogens is 362 g/mol. The van der Waals surface area contributed by atoms with Gasteiger partial charge in [-0.1, -0.05) is 42.1 Å². The van der Waals surface area contributed by atoms with Crippen LogP contribution in [0.25, 0.3) is 16.6 Å². The number of thioether (sulfide) groups is 1. The standard InChI is InChI=1S/C20H19N3O3S/c1-13(24)17(19(26)22(2)3)27-20-21-16-12-8-7-11-15(16)18(25)23(20)14-9-5-4-6-10-14/h4-12,17H,1-3H3. The Morgan fingerprint density at radius 2 is 1.67 bits per heavy atom. The van der Waals surface area contributed by atoms with Gasteiger partial charge in [-0.15, -0.1) is 0 Å². The molecule has 138 valence electrons.